The van der Waals surface area contributed by atoms with Crippen molar-refractivity contribution in [2.24, 2.45) is 0 Å². The molecular formula is C24H39NO14. The standard InChI is InChI=1S/C24H39NO14/c1-9(15-17-18(36-22(3,4)35-17)19-20(33-15)39-23(5,6)37-19)34-24(21(31)32)7-11(28)13(25-10(2)27)16(38-24)14(30)12(29)8-26/h9,11-20,26,28-30H,7-8H2,1-6H3,(H,25,27)(H,31,32)/t9-,11+,12-,13-,14-,15-,16-,17+,18+,19-,20-,24-/m1/s1. The van der Waals surface area contributed by atoms with Gasteiger partial charge in [-0.25, -0.2) is 4.79 Å². The molecule has 4 fully saturated rings. The fraction of sp³-hybridized carbons (Fsp3) is 0.917. The number of ether oxygens (including phenoxy) is 7. The molecule has 15 nitrogen and oxygen atoms in total. The lowest BCUT2D eigenvalue weighted by atomic mass is 9.88. The molecule has 0 bridgehead atoms. The molecule has 0 radical (unpaired) electrons. The molecule has 0 aromatic rings. The van der Waals surface area contributed by atoms with Crippen LogP contribution in [0.2, 0.25) is 0 Å². The van der Waals surface area contributed by atoms with E-state index in [0.29, 0.717) is 0 Å². The molecule has 0 aliphatic carbocycles. The van der Waals surface area contributed by atoms with Gasteiger partial charge < -0.3 is 64.0 Å². The third kappa shape index (κ3) is 5.94. The van der Waals surface area contributed by atoms with Crippen LogP contribution in [0.3, 0.4) is 0 Å². The van der Waals surface area contributed by atoms with Crippen molar-refractivity contribution in [2.75, 3.05) is 6.61 Å². The molecule has 0 saturated carbocycles. The van der Waals surface area contributed by atoms with Gasteiger partial charge in [0.2, 0.25) is 5.91 Å². The molecule has 0 aromatic heterocycles. The number of carboxylic acid groups (broad SMARTS) is 1. The maximum absolute atomic E-state index is 12.6. The lowest BCUT2D eigenvalue weighted by Gasteiger charge is -2.48. The van der Waals surface area contributed by atoms with Gasteiger partial charge in [-0.2, -0.15) is 0 Å². The van der Waals surface area contributed by atoms with Gasteiger partial charge in [-0.1, -0.05) is 0 Å². The fourth-order valence-corrected chi connectivity index (χ4v) is 5.64. The molecule has 6 N–H and O–H groups in total. The van der Waals surface area contributed by atoms with Gasteiger partial charge in [-0.3, -0.25) is 4.79 Å². The van der Waals surface area contributed by atoms with E-state index >= 15 is 0 Å². The van der Waals surface area contributed by atoms with Gasteiger partial charge in [0, 0.05) is 13.3 Å². The Morgan fingerprint density at radius 1 is 0.974 bits per heavy atom. The summed E-state index contributed by atoms with van der Waals surface area (Å²) >= 11 is 0. The second-order valence-electron chi connectivity index (χ2n) is 11.3. The highest BCUT2D eigenvalue weighted by Crippen LogP contribution is 2.46. The summed E-state index contributed by atoms with van der Waals surface area (Å²) < 4.78 is 41.9. The Morgan fingerprint density at radius 2 is 1.56 bits per heavy atom. The molecule has 4 rings (SSSR count). The third-order valence-electron chi connectivity index (χ3n) is 7.22. The number of carbonyl (C=O) groups is 2. The van der Waals surface area contributed by atoms with Crippen molar-refractivity contribution in [3.8, 4) is 0 Å². The van der Waals surface area contributed by atoms with Gasteiger partial charge in [0.1, 0.15) is 42.7 Å². The van der Waals surface area contributed by atoms with Crippen molar-refractivity contribution in [2.45, 2.75) is 133 Å². The molecule has 4 aliphatic heterocycles. The summed E-state index contributed by atoms with van der Waals surface area (Å²) in [5.74, 6) is -6.80. The summed E-state index contributed by atoms with van der Waals surface area (Å²) in [5.41, 5.74) is 0. The molecule has 224 valence electrons. The van der Waals surface area contributed by atoms with Crippen molar-refractivity contribution in [1.82, 2.24) is 5.32 Å². The molecule has 1 amide bonds. The van der Waals surface area contributed by atoms with Crippen molar-refractivity contribution in [1.29, 1.82) is 0 Å². The summed E-state index contributed by atoms with van der Waals surface area (Å²) in [6, 6.07) is -1.32. The minimum atomic E-state index is -2.55. The minimum Gasteiger partial charge on any atom is -0.477 e. The van der Waals surface area contributed by atoms with E-state index in [1.165, 1.54) is 6.92 Å². The fourth-order valence-electron chi connectivity index (χ4n) is 5.64. The first-order valence-corrected chi connectivity index (χ1v) is 12.9. The Morgan fingerprint density at radius 3 is 2.15 bits per heavy atom. The van der Waals surface area contributed by atoms with Gasteiger partial charge in [-0.15, -0.1) is 0 Å². The molecule has 39 heavy (non-hydrogen) atoms. The maximum Gasteiger partial charge on any atom is 0.364 e. The Bertz CT molecular complexity index is 931. The largest absolute Gasteiger partial charge is 0.477 e. The molecular weight excluding hydrogens is 526 g/mol. The summed E-state index contributed by atoms with van der Waals surface area (Å²) in [4.78, 5) is 24.3. The highest BCUT2D eigenvalue weighted by Gasteiger charge is 2.63. The summed E-state index contributed by atoms with van der Waals surface area (Å²) in [6.07, 6.45) is -12.5. The Hall–Kier alpha value is -1.50. The topological polar surface area (TPSA) is 212 Å². The Labute approximate surface area is 225 Å². The number of rotatable bonds is 8. The molecule has 4 saturated heterocycles. The van der Waals surface area contributed by atoms with E-state index in [0.717, 1.165) is 6.92 Å². The van der Waals surface area contributed by atoms with Crippen LogP contribution in [0.15, 0.2) is 0 Å². The van der Waals surface area contributed by atoms with E-state index in [-0.39, 0.29) is 0 Å². The van der Waals surface area contributed by atoms with E-state index in [1.54, 1.807) is 27.7 Å². The van der Waals surface area contributed by atoms with Crippen LogP contribution in [-0.4, -0.2) is 129 Å². The van der Waals surface area contributed by atoms with Crippen LogP contribution in [0.25, 0.3) is 0 Å². The van der Waals surface area contributed by atoms with Crippen molar-refractivity contribution in [3.05, 3.63) is 0 Å². The summed E-state index contributed by atoms with van der Waals surface area (Å²) in [5, 5.41) is 53.5. The van der Waals surface area contributed by atoms with Gasteiger partial charge >= 0.3 is 5.97 Å². The van der Waals surface area contributed by atoms with Crippen LogP contribution in [0, 0.1) is 0 Å². The second-order valence-corrected chi connectivity index (χ2v) is 11.3. The van der Waals surface area contributed by atoms with Crippen molar-refractivity contribution < 1.29 is 68.3 Å². The monoisotopic (exact) mass is 565 g/mol. The number of hydrogen-bond acceptors (Lipinski definition) is 13. The molecule has 0 aromatic carbocycles. The van der Waals surface area contributed by atoms with Crippen molar-refractivity contribution >= 4 is 11.9 Å². The van der Waals surface area contributed by atoms with Crippen LogP contribution >= 0.6 is 0 Å². The molecule has 15 heteroatoms. The third-order valence-corrected chi connectivity index (χ3v) is 7.22. The molecule has 0 spiro atoms. The first-order chi connectivity index (χ1) is 18.0. The number of fused-ring (bicyclic) bond motifs is 3. The number of amides is 1. The zero-order valence-corrected chi connectivity index (χ0v) is 22.7. The van der Waals surface area contributed by atoms with E-state index in [1.807, 2.05) is 0 Å². The van der Waals surface area contributed by atoms with E-state index in [9.17, 15) is 35.1 Å². The smallest absolute Gasteiger partial charge is 0.364 e. The normalized spacial score (nSPS) is 43.1. The molecule has 4 aliphatic rings. The summed E-state index contributed by atoms with van der Waals surface area (Å²) in [6.45, 7) is 8.64. The van der Waals surface area contributed by atoms with Crippen LogP contribution in [0.4, 0.5) is 0 Å². The zero-order chi connectivity index (χ0) is 29.1. The Kier molecular flexibility index (Phi) is 8.37. The van der Waals surface area contributed by atoms with Gasteiger partial charge in [0.15, 0.2) is 17.9 Å². The predicted octanol–water partition coefficient (Wildman–Crippen LogP) is -2.06. The van der Waals surface area contributed by atoms with Gasteiger partial charge in [0.05, 0.1) is 24.9 Å². The average Bonchev–Trinajstić information content (AvgIpc) is 3.32. The van der Waals surface area contributed by atoms with Crippen LogP contribution in [0.1, 0.15) is 48.0 Å². The lowest BCUT2D eigenvalue weighted by molar-refractivity contribution is -0.340. The molecule has 12 atom stereocenters. The number of aliphatic carboxylic acids is 1. The van der Waals surface area contributed by atoms with E-state index in [4.69, 9.17) is 33.2 Å². The van der Waals surface area contributed by atoms with Crippen LogP contribution in [0.5, 0.6) is 0 Å². The quantitative estimate of drug-likeness (QED) is 0.187. The number of nitrogens with one attached hydrogen (secondary N) is 1. The number of aliphatic hydroxyl groups excluding tert-OH is 4. The highest BCUT2D eigenvalue weighted by atomic mass is 16.9. The predicted molar refractivity (Wildman–Crippen MR) is 126 cm³/mol. The van der Waals surface area contributed by atoms with E-state index < -0.39 is 110 Å². The number of hydrogen-bond donors (Lipinski definition) is 6. The zero-order valence-electron chi connectivity index (χ0n) is 22.7. The Balaban J connectivity index is 1.62. The van der Waals surface area contributed by atoms with Crippen molar-refractivity contribution in [3.63, 3.8) is 0 Å². The molecule has 0 unspecified atom stereocenters. The first kappa shape index (κ1) is 30.5. The molecule has 4 heterocycles. The lowest BCUT2D eigenvalue weighted by Crippen LogP contribution is -2.69. The summed E-state index contributed by atoms with van der Waals surface area (Å²) in [7, 11) is 0. The SMILES string of the molecule is CC(=O)N[C@H]1[C@H]([C@H](O)[C@H](O)CO)O[C@@](O[C@H](C)[C@H]2O[C@@H]3OC(C)(C)O[C@@H]3[C@H]3OC(C)(C)O[C@H]32)(C(=O)O)C[C@@H]1O. The maximum atomic E-state index is 12.6. The van der Waals surface area contributed by atoms with Gasteiger partial charge in [0.25, 0.3) is 5.79 Å². The number of aliphatic hydroxyl groups is 4. The van der Waals surface area contributed by atoms with Crippen LogP contribution in [-0.2, 0) is 42.7 Å². The number of carboxylic acids is 1. The first-order valence-electron chi connectivity index (χ1n) is 12.9. The second kappa shape index (κ2) is 10.7. The average molecular weight is 566 g/mol. The van der Waals surface area contributed by atoms with Crippen LogP contribution < -0.4 is 5.32 Å². The van der Waals surface area contributed by atoms with E-state index in [2.05, 4.69) is 5.32 Å². The minimum absolute atomic E-state index is 0.602. The number of carbonyl (C=O) groups excluding carboxylic acids is 1. The highest BCUT2D eigenvalue weighted by molar-refractivity contribution is 5.76. The van der Waals surface area contributed by atoms with Gasteiger partial charge in [-0.05, 0) is 34.6 Å².